The Bertz CT molecular complexity index is 349. The molecule has 0 spiro atoms. The van der Waals surface area contributed by atoms with Crippen LogP contribution in [0.5, 0.6) is 0 Å². The Morgan fingerprint density at radius 1 is 1.38 bits per heavy atom. The van der Waals surface area contributed by atoms with E-state index in [0.29, 0.717) is 0 Å². The van der Waals surface area contributed by atoms with Crippen LogP contribution in [0.1, 0.15) is 15.9 Å². The van der Waals surface area contributed by atoms with Gasteiger partial charge in [-0.25, -0.2) is 13.6 Å². The van der Waals surface area contributed by atoms with Gasteiger partial charge in [0.25, 0.3) is 0 Å². The van der Waals surface area contributed by atoms with E-state index in [0.717, 1.165) is 12.1 Å². The molecule has 0 aromatic heterocycles. The van der Waals surface area contributed by atoms with E-state index in [4.69, 9.17) is 5.11 Å². The predicted molar refractivity (Wildman–Crippen MR) is 43.4 cm³/mol. The maximum atomic E-state index is 12.9. The highest BCUT2D eigenvalue weighted by Crippen LogP contribution is 2.15. The van der Waals surface area contributed by atoms with Gasteiger partial charge in [0.05, 0.1) is 0 Å². The van der Waals surface area contributed by atoms with Crippen molar-refractivity contribution < 1.29 is 18.7 Å². The lowest BCUT2D eigenvalue weighted by Crippen LogP contribution is -2.04. The Kier molecular flexibility index (Phi) is 2.41. The molecule has 0 saturated carbocycles. The van der Waals surface area contributed by atoms with Gasteiger partial charge < -0.3 is 5.11 Å². The zero-order valence-corrected chi connectivity index (χ0v) is 6.55. The molecule has 13 heavy (non-hydrogen) atoms. The van der Waals surface area contributed by atoms with E-state index in [-0.39, 0.29) is 5.56 Å². The van der Waals surface area contributed by atoms with Crippen molar-refractivity contribution >= 4 is 12.0 Å². The van der Waals surface area contributed by atoms with E-state index in [1.807, 2.05) is 0 Å². The number of rotatable bonds is 2. The lowest BCUT2D eigenvalue weighted by atomic mass is 10.1. The quantitative estimate of drug-likeness (QED) is 0.765. The minimum Gasteiger partial charge on any atom is -0.477 e. The highest BCUT2D eigenvalue weighted by atomic mass is 19.1. The molecular formula is C9H6F2O2. The average Bonchev–Trinajstić information content (AvgIpc) is 2.02. The molecule has 4 heteroatoms. The van der Waals surface area contributed by atoms with Crippen LogP contribution in [0.3, 0.4) is 0 Å². The molecule has 2 nitrogen and oxygen atoms in total. The largest absolute Gasteiger partial charge is 0.477 e. The van der Waals surface area contributed by atoms with Crippen molar-refractivity contribution in [2.45, 2.75) is 0 Å². The van der Waals surface area contributed by atoms with Gasteiger partial charge in [-0.2, -0.15) is 0 Å². The summed E-state index contributed by atoms with van der Waals surface area (Å²) in [6.45, 7) is 3.31. The van der Waals surface area contributed by atoms with E-state index in [1.165, 1.54) is 6.08 Å². The average molecular weight is 184 g/mol. The van der Waals surface area contributed by atoms with Gasteiger partial charge in [0.15, 0.2) is 0 Å². The third-order valence-corrected chi connectivity index (χ3v) is 1.51. The Morgan fingerprint density at radius 2 is 1.85 bits per heavy atom. The molecule has 68 valence electrons. The van der Waals surface area contributed by atoms with Crippen LogP contribution >= 0.6 is 0 Å². The predicted octanol–water partition coefficient (Wildman–Crippen LogP) is 2.31. The Balaban J connectivity index is 3.39. The van der Waals surface area contributed by atoms with E-state index in [1.54, 1.807) is 0 Å². The number of carbonyl (C=O) groups is 1. The van der Waals surface area contributed by atoms with Crippen LogP contribution < -0.4 is 0 Å². The van der Waals surface area contributed by atoms with Crippen LogP contribution in [0.2, 0.25) is 0 Å². The zero-order valence-electron chi connectivity index (χ0n) is 6.55. The second-order valence-electron chi connectivity index (χ2n) is 2.37. The third-order valence-electron chi connectivity index (χ3n) is 1.51. The normalized spacial score (nSPS) is 9.69. The molecule has 0 aliphatic rings. The van der Waals surface area contributed by atoms with E-state index < -0.39 is 23.2 Å². The summed E-state index contributed by atoms with van der Waals surface area (Å²) in [5.41, 5.74) is -0.731. The molecule has 1 aromatic carbocycles. The van der Waals surface area contributed by atoms with Crippen LogP contribution in [-0.2, 0) is 0 Å². The van der Waals surface area contributed by atoms with Crippen molar-refractivity contribution in [3.8, 4) is 0 Å². The van der Waals surface area contributed by atoms with Gasteiger partial charge in [-0.05, 0) is 17.7 Å². The van der Waals surface area contributed by atoms with Gasteiger partial charge in [-0.1, -0.05) is 12.7 Å². The molecule has 1 aromatic rings. The molecule has 0 aliphatic carbocycles. The maximum Gasteiger partial charge on any atom is 0.341 e. The second kappa shape index (κ2) is 3.35. The van der Waals surface area contributed by atoms with Gasteiger partial charge in [0, 0.05) is 0 Å². The third kappa shape index (κ3) is 1.72. The van der Waals surface area contributed by atoms with E-state index in [2.05, 4.69) is 6.58 Å². The van der Waals surface area contributed by atoms with Gasteiger partial charge in [-0.15, -0.1) is 0 Å². The fourth-order valence-electron chi connectivity index (χ4n) is 0.915. The van der Waals surface area contributed by atoms with Crippen molar-refractivity contribution in [1.29, 1.82) is 0 Å². The number of carboxylic acids is 1. The van der Waals surface area contributed by atoms with Crippen LogP contribution in [0.4, 0.5) is 8.78 Å². The highest BCUT2D eigenvalue weighted by molar-refractivity contribution is 5.88. The van der Waals surface area contributed by atoms with E-state index >= 15 is 0 Å². The molecule has 0 heterocycles. The van der Waals surface area contributed by atoms with Gasteiger partial charge in [0.1, 0.15) is 17.2 Å². The lowest BCUT2D eigenvalue weighted by Gasteiger charge is -2.00. The van der Waals surface area contributed by atoms with E-state index in [9.17, 15) is 13.6 Å². The molecule has 0 saturated heterocycles. The first kappa shape index (κ1) is 9.38. The SMILES string of the molecule is C=Cc1cc(F)c(C(=O)O)c(F)c1. The molecular weight excluding hydrogens is 178 g/mol. The fraction of sp³-hybridized carbons (Fsp3) is 0. The van der Waals surface area contributed by atoms with Crippen molar-refractivity contribution in [3.63, 3.8) is 0 Å². The standard InChI is InChI=1S/C9H6F2O2/c1-2-5-3-6(10)8(9(12)13)7(11)4-5/h2-4H,1H2,(H,12,13). The summed E-state index contributed by atoms with van der Waals surface area (Å²) < 4.78 is 25.8. The molecule has 0 bridgehead atoms. The summed E-state index contributed by atoms with van der Waals surface area (Å²) in [4.78, 5) is 10.3. The summed E-state index contributed by atoms with van der Waals surface area (Å²) in [6, 6.07) is 1.83. The summed E-state index contributed by atoms with van der Waals surface area (Å²) in [7, 11) is 0. The summed E-state index contributed by atoms with van der Waals surface area (Å²) in [5.74, 6) is -3.81. The van der Waals surface area contributed by atoms with Gasteiger partial charge in [0.2, 0.25) is 0 Å². The number of carboxylic acid groups (broad SMARTS) is 1. The monoisotopic (exact) mass is 184 g/mol. The minimum atomic E-state index is -1.62. The zero-order chi connectivity index (χ0) is 10.0. The number of hydrogen-bond donors (Lipinski definition) is 1. The smallest absolute Gasteiger partial charge is 0.341 e. The maximum absolute atomic E-state index is 12.9. The first-order valence-corrected chi connectivity index (χ1v) is 3.41. The molecule has 0 unspecified atom stereocenters. The molecule has 0 fully saturated rings. The number of aromatic carboxylic acids is 1. The first-order chi connectivity index (χ1) is 6.06. The second-order valence-corrected chi connectivity index (χ2v) is 2.37. The molecule has 0 amide bonds. The molecule has 1 N–H and O–H groups in total. The number of hydrogen-bond acceptors (Lipinski definition) is 1. The summed E-state index contributed by atoms with van der Waals surface area (Å²) >= 11 is 0. The lowest BCUT2D eigenvalue weighted by molar-refractivity contribution is 0.0686. The Morgan fingerprint density at radius 3 is 2.15 bits per heavy atom. The van der Waals surface area contributed by atoms with Crippen molar-refractivity contribution in [2.24, 2.45) is 0 Å². The Hall–Kier alpha value is -1.71. The summed E-state index contributed by atoms with van der Waals surface area (Å²) in [6.07, 6.45) is 1.23. The van der Waals surface area contributed by atoms with Crippen molar-refractivity contribution in [1.82, 2.24) is 0 Å². The van der Waals surface area contributed by atoms with Crippen LogP contribution in [0, 0.1) is 11.6 Å². The minimum absolute atomic E-state index is 0.208. The number of halogens is 2. The molecule has 0 atom stereocenters. The fourth-order valence-corrected chi connectivity index (χ4v) is 0.915. The molecule has 0 radical (unpaired) electrons. The summed E-state index contributed by atoms with van der Waals surface area (Å²) in [5, 5.41) is 8.40. The highest BCUT2D eigenvalue weighted by Gasteiger charge is 2.16. The van der Waals surface area contributed by atoms with Crippen molar-refractivity contribution in [2.75, 3.05) is 0 Å². The van der Waals surface area contributed by atoms with Crippen molar-refractivity contribution in [3.05, 3.63) is 41.5 Å². The number of benzene rings is 1. The van der Waals surface area contributed by atoms with Crippen LogP contribution in [0.15, 0.2) is 18.7 Å². The van der Waals surface area contributed by atoms with Crippen LogP contribution in [0.25, 0.3) is 6.08 Å². The topological polar surface area (TPSA) is 37.3 Å². The van der Waals surface area contributed by atoms with Gasteiger partial charge >= 0.3 is 5.97 Å². The molecule has 1 rings (SSSR count). The van der Waals surface area contributed by atoms with Gasteiger partial charge in [-0.3, -0.25) is 0 Å². The Labute approximate surface area is 73.1 Å². The molecule has 0 aliphatic heterocycles. The van der Waals surface area contributed by atoms with Crippen LogP contribution in [-0.4, -0.2) is 11.1 Å². The first-order valence-electron chi connectivity index (χ1n) is 3.41.